The summed E-state index contributed by atoms with van der Waals surface area (Å²) in [4.78, 5) is 19.9. The predicted octanol–water partition coefficient (Wildman–Crippen LogP) is 1.96. The van der Waals surface area contributed by atoms with Gasteiger partial charge in [-0.05, 0) is 13.0 Å². The summed E-state index contributed by atoms with van der Waals surface area (Å²) >= 11 is 1.43. The van der Waals surface area contributed by atoms with Crippen molar-refractivity contribution in [1.29, 1.82) is 0 Å². The Hall–Kier alpha value is -2.15. The van der Waals surface area contributed by atoms with Crippen LogP contribution in [0.3, 0.4) is 0 Å². The number of nitrogen functional groups attached to an aromatic ring is 1. The van der Waals surface area contributed by atoms with Gasteiger partial charge in [-0.2, -0.15) is 0 Å². The number of nitrogens with one attached hydrogen (secondary N) is 1. The number of rotatable bonds is 3. The smallest absolute Gasteiger partial charge is 0.341 e. The summed E-state index contributed by atoms with van der Waals surface area (Å²) < 4.78 is 4.68. The molecule has 2 rings (SSSR count). The van der Waals surface area contributed by atoms with Crippen LogP contribution in [0, 0.1) is 6.92 Å². The van der Waals surface area contributed by atoms with E-state index < -0.39 is 5.97 Å². The minimum absolute atomic E-state index is 0.283. The summed E-state index contributed by atoms with van der Waals surface area (Å²) in [6.07, 6.45) is 1.47. The summed E-state index contributed by atoms with van der Waals surface area (Å²) in [7, 11) is 1.31. The lowest BCUT2D eigenvalue weighted by Gasteiger charge is -2.08. The predicted molar refractivity (Wildman–Crippen MR) is 70.1 cm³/mol. The van der Waals surface area contributed by atoms with Crippen LogP contribution in [0.5, 0.6) is 0 Å². The summed E-state index contributed by atoms with van der Waals surface area (Å²) in [5.74, 6) is -0.115. The van der Waals surface area contributed by atoms with E-state index in [2.05, 4.69) is 20.0 Å². The minimum Gasteiger partial charge on any atom is -0.465 e. The minimum atomic E-state index is -0.495. The van der Waals surface area contributed by atoms with Crippen molar-refractivity contribution in [3.8, 4) is 0 Å². The Morgan fingerprint density at radius 2 is 2.33 bits per heavy atom. The summed E-state index contributed by atoms with van der Waals surface area (Å²) in [6.45, 7) is 1.89. The number of methoxy groups -OCH3 is 1. The maximum absolute atomic E-state index is 11.6. The van der Waals surface area contributed by atoms with Gasteiger partial charge in [0.05, 0.1) is 24.7 Å². The van der Waals surface area contributed by atoms with Crippen LogP contribution >= 0.6 is 11.3 Å². The normalized spacial score (nSPS) is 10.1. The van der Waals surface area contributed by atoms with Crippen molar-refractivity contribution in [3.05, 3.63) is 28.9 Å². The van der Waals surface area contributed by atoms with Gasteiger partial charge in [0, 0.05) is 5.38 Å². The van der Waals surface area contributed by atoms with Crippen molar-refractivity contribution in [2.24, 2.45) is 0 Å². The molecular weight excluding hydrogens is 252 g/mol. The largest absolute Gasteiger partial charge is 0.465 e. The molecule has 0 aromatic carbocycles. The van der Waals surface area contributed by atoms with Crippen molar-refractivity contribution < 1.29 is 9.53 Å². The molecule has 0 saturated carbocycles. The van der Waals surface area contributed by atoms with Gasteiger partial charge < -0.3 is 15.8 Å². The van der Waals surface area contributed by atoms with Crippen molar-refractivity contribution in [3.63, 3.8) is 0 Å². The van der Waals surface area contributed by atoms with Gasteiger partial charge in [0.25, 0.3) is 0 Å². The summed E-state index contributed by atoms with van der Waals surface area (Å²) in [5, 5.41) is 5.54. The van der Waals surface area contributed by atoms with Crippen LogP contribution in [0.1, 0.15) is 16.1 Å². The summed E-state index contributed by atoms with van der Waals surface area (Å²) in [5.41, 5.74) is 7.19. The molecule has 0 unspecified atom stereocenters. The molecule has 0 radical (unpaired) electrons. The van der Waals surface area contributed by atoms with Crippen LogP contribution in [0.25, 0.3) is 0 Å². The molecule has 0 aliphatic rings. The number of aromatic nitrogens is 2. The Bertz CT molecular complexity index is 582. The maximum Gasteiger partial charge on any atom is 0.341 e. The quantitative estimate of drug-likeness (QED) is 0.823. The lowest BCUT2D eigenvalue weighted by molar-refractivity contribution is 0.0601. The van der Waals surface area contributed by atoms with E-state index in [1.54, 1.807) is 0 Å². The average Bonchev–Trinajstić information content (AvgIpc) is 2.76. The third-order valence-corrected chi connectivity index (χ3v) is 3.03. The molecule has 0 amide bonds. The lowest BCUT2D eigenvalue weighted by Crippen LogP contribution is -2.08. The zero-order chi connectivity index (χ0) is 13.1. The zero-order valence-corrected chi connectivity index (χ0v) is 10.7. The van der Waals surface area contributed by atoms with Crippen LogP contribution < -0.4 is 11.1 Å². The Morgan fingerprint density at radius 3 is 2.94 bits per heavy atom. The molecule has 2 aromatic rings. The number of hydrogen-bond acceptors (Lipinski definition) is 7. The molecule has 0 aliphatic carbocycles. The molecule has 2 heterocycles. The first kappa shape index (κ1) is 12.3. The number of carbonyl (C=O) groups is 1. The van der Waals surface area contributed by atoms with E-state index >= 15 is 0 Å². The molecule has 0 saturated heterocycles. The van der Waals surface area contributed by atoms with E-state index in [4.69, 9.17) is 5.73 Å². The van der Waals surface area contributed by atoms with Crippen molar-refractivity contribution in [2.75, 3.05) is 18.2 Å². The monoisotopic (exact) mass is 264 g/mol. The Labute approximate surface area is 108 Å². The van der Waals surface area contributed by atoms with Gasteiger partial charge >= 0.3 is 5.97 Å². The second-order valence-corrected chi connectivity index (χ2v) is 4.43. The number of carbonyl (C=O) groups excluding carboxylic acids is 1. The van der Waals surface area contributed by atoms with Gasteiger partial charge in [0.2, 0.25) is 0 Å². The SMILES string of the molecule is COC(=O)c1cc(N)cnc1Nc1nc(C)cs1. The van der Waals surface area contributed by atoms with E-state index in [1.165, 1.54) is 30.7 Å². The Balaban J connectivity index is 2.35. The molecule has 18 heavy (non-hydrogen) atoms. The van der Waals surface area contributed by atoms with E-state index in [1.807, 2.05) is 12.3 Å². The topological polar surface area (TPSA) is 90.1 Å². The van der Waals surface area contributed by atoms with Crippen LogP contribution in [0.4, 0.5) is 16.6 Å². The molecule has 0 aliphatic heterocycles. The molecule has 0 bridgehead atoms. The van der Waals surface area contributed by atoms with E-state index in [0.717, 1.165) is 5.69 Å². The average molecular weight is 264 g/mol. The number of ether oxygens (including phenoxy) is 1. The maximum atomic E-state index is 11.6. The molecular formula is C11H12N4O2S. The fraction of sp³-hybridized carbons (Fsp3) is 0.182. The third kappa shape index (κ3) is 2.57. The lowest BCUT2D eigenvalue weighted by atomic mass is 10.2. The van der Waals surface area contributed by atoms with Gasteiger partial charge in [-0.3, -0.25) is 0 Å². The Morgan fingerprint density at radius 1 is 1.56 bits per heavy atom. The first-order chi connectivity index (χ1) is 8.60. The highest BCUT2D eigenvalue weighted by Gasteiger charge is 2.14. The summed E-state index contributed by atoms with van der Waals surface area (Å²) in [6, 6.07) is 1.52. The van der Waals surface area contributed by atoms with Gasteiger partial charge in [0.1, 0.15) is 11.4 Å². The van der Waals surface area contributed by atoms with E-state index in [0.29, 0.717) is 16.6 Å². The van der Waals surface area contributed by atoms with Crippen molar-refractivity contribution in [1.82, 2.24) is 9.97 Å². The zero-order valence-electron chi connectivity index (χ0n) is 9.93. The van der Waals surface area contributed by atoms with Gasteiger partial charge in [-0.15, -0.1) is 11.3 Å². The third-order valence-electron chi connectivity index (χ3n) is 2.16. The number of nitrogens with zero attached hydrogens (tertiary/aromatic N) is 2. The molecule has 94 valence electrons. The van der Waals surface area contributed by atoms with Gasteiger partial charge in [-0.1, -0.05) is 0 Å². The fourth-order valence-electron chi connectivity index (χ4n) is 1.36. The molecule has 3 N–H and O–H groups in total. The molecule has 0 fully saturated rings. The number of hydrogen-bond donors (Lipinski definition) is 2. The first-order valence-electron chi connectivity index (χ1n) is 5.13. The number of anilines is 3. The van der Waals surface area contributed by atoms with Gasteiger partial charge in [-0.25, -0.2) is 14.8 Å². The van der Waals surface area contributed by atoms with Crippen LogP contribution in [0.15, 0.2) is 17.6 Å². The van der Waals surface area contributed by atoms with Crippen LogP contribution in [-0.4, -0.2) is 23.0 Å². The Kier molecular flexibility index (Phi) is 3.42. The highest BCUT2D eigenvalue weighted by Crippen LogP contribution is 2.23. The van der Waals surface area contributed by atoms with E-state index in [-0.39, 0.29) is 5.56 Å². The van der Waals surface area contributed by atoms with Gasteiger partial charge in [0.15, 0.2) is 5.13 Å². The fourth-order valence-corrected chi connectivity index (χ4v) is 2.05. The van der Waals surface area contributed by atoms with E-state index in [9.17, 15) is 4.79 Å². The molecule has 6 nitrogen and oxygen atoms in total. The van der Waals surface area contributed by atoms with Crippen molar-refractivity contribution >= 4 is 33.9 Å². The number of aryl methyl sites for hydroxylation is 1. The number of nitrogens with two attached hydrogens (primary N) is 1. The first-order valence-corrected chi connectivity index (χ1v) is 6.01. The number of thiazole rings is 1. The molecule has 7 heteroatoms. The highest BCUT2D eigenvalue weighted by molar-refractivity contribution is 7.13. The molecule has 2 aromatic heterocycles. The highest BCUT2D eigenvalue weighted by atomic mass is 32.1. The standard InChI is InChI=1S/C11H12N4O2S/c1-6-5-18-11(14-6)15-9-8(10(16)17-2)3-7(12)4-13-9/h3-5H,12H2,1-2H3,(H,13,14,15). The van der Waals surface area contributed by atoms with Crippen molar-refractivity contribution in [2.45, 2.75) is 6.92 Å². The number of esters is 1. The molecule has 0 spiro atoms. The van der Waals surface area contributed by atoms with Crippen LogP contribution in [0.2, 0.25) is 0 Å². The second kappa shape index (κ2) is 5.01. The second-order valence-electron chi connectivity index (χ2n) is 3.58. The number of pyridine rings is 1. The van der Waals surface area contributed by atoms with Crippen LogP contribution in [-0.2, 0) is 4.74 Å². The molecule has 0 atom stereocenters.